The third-order valence-electron chi connectivity index (χ3n) is 2.20. The molecule has 1 heterocycles. The first-order valence-electron chi connectivity index (χ1n) is 5.03. The van der Waals surface area contributed by atoms with Gasteiger partial charge >= 0.3 is 5.97 Å². The van der Waals surface area contributed by atoms with Gasteiger partial charge in [-0.25, -0.2) is 4.98 Å². The van der Waals surface area contributed by atoms with Crippen molar-refractivity contribution in [2.45, 2.75) is 20.3 Å². The molecular weight excluding hydrogens is 192 g/mol. The number of carboxylic acid groups (broad SMARTS) is 1. The fraction of sp³-hybridized carbons (Fsp3) is 0.455. The Labute approximate surface area is 89.6 Å². The normalized spacial score (nSPS) is 10.0. The Kier molecular flexibility index (Phi) is 4.09. The largest absolute Gasteiger partial charge is 0.481 e. The van der Waals surface area contributed by atoms with Gasteiger partial charge in [0.05, 0.1) is 6.42 Å². The molecule has 4 nitrogen and oxygen atoms in total. The zero-order chi connectivity index (χ0) is 11.3. The second-order valence-electron chi connectivity index (χ2n) is 3.42. The van der Waals surface area contributed by atoms with E-state index in [1.807, 2.05) is 30.9 Å². The molecule has 0 saturated heterocycles. The monoisotopic (exact) mass is 208 g/mol. The molecule has 0 radical (unpaired) electrons. The van der Waals surface area contributed by atoms with E-state index >= 15 is 0 Å². The molecule has 0 aliphatic carbocycles. The van der Waals surface area contributed by atoms with Gasteiger partial charge in [0.1, 0.15) is 5.82 Å². The van der Waals surface area contributed by atoms with Crippen LogP contribution in [0.2, 0.25) is 0 Å². The van der Waals surface area contributed by atoms with E-state index < -0.39 is 5.97 Å². The van der Waals surface area contributed by atoms with Crippen LogP contribution in [0.3, 0.4) is 0 Å². The quantitative estimate of drug-likeness (QED) is 0.800. The van der Waals surface area contributed by atoms with Gasteiger partial charge in [-0.15, -0.1) is 0 Å². The number of aliphatic carboxylic acids is 1. The van der Waals surface area contributed by atoms with E-state index in [1.165, 1.54) is 0 Å². The van der Waals surface area contributed by atoms with Gasteiger partial charge in [0.25, 0.3) is 0 Å². The number of pyridine rings is 1. The van der Waals surface area contributed by atoms with Crippen molar-refractivity contribution in [2.75, 3.05) is 18.0 Å². The molecule has 0 aliphatic heterocycles. The van der Waals surface area contributed by atoms with Crippen molar-refractivity contribution in [3.8, 4) is 0 Å². The van der Waals surface area contributed by atoms with Crippen LogP contribution in [0.15, 0.2) is 18.3 Å². The maximum atomic E-state index is 10.5. The summed E-state index contributed by atoms with van der Waals surface area (Å²) in [4.78, 5) is 16.7. The standard InChI is InChI=1S/C11H16N2O2/c1-3-13(7-6-11(14)15)10-5-4-9(2)8-12-10/h4-5,8H,3,6-7H2,1-2H3,(H,14,15). The first-order chi connectivity index (χ1) is 7.13. The van der Waals surface area contributed by atoms with Crippen molar-refractivity contribution < 1.29 is 9.90 Å². The lowest BCUT2D eigenvalue weighted by molar-refractivity contribution is -0.136. The Morgan fingerprint density at radius 2 is 2.27 bits per heavy atom. The molecule has 0 unspecified atom stereocenters. The summed E-state index contributed by atoms with van der Waals surface area (Å²) in [5.74, 6) is 0.0601. The molecule has 0 spiro atoms. The summed E-state index contributed by atoms with van der Waals surface area (Å²) in [5, 5.41) is 8.60. The third-order valence-corrected chi connectivity index (χ3v) is 2.20. The Hall–Kier alpha value is -1.58. The number of aromatic nitrogens is 1. The van der Waals surface area contributed by atoms with Gasteiger partial charge in [0.2, 0.25) is 0 Å². The third kappa shape index (κ3) is 3.58. The molecule has 1 aromatic rings. The van der Waals surface area contributed by atoms with Crippen LogP contribution < -0.4 is 4.90 Å². The highest BCUT2D eigenvalue weighted by molar-refractivity contribution is 5.67. The number of carboxylic acids is 1. The van der Waals surface area contributed by atoms with E-state index in [2.05, 4.69) is 4.98 Å². The van der Waals surface area contributed by atoms with Crippen LogP contribution in [0.5, 0.6) is 0 Å². The van der Waals surface area contributed by atoms with Crippen molar-refractivity contribution >= 4 is 11.8 Å². The molecular formula is C11H16N2O2. The van der Waals surface area contributed by atoms with Gasteiger partial charge in [-0.05, 0) is 25.5 Å². The Balaban J connectivity index is 2.65. The second kappa shape index (κ2) is 5.34. The highest BCUT2D eigenvalue weighted by Gasteiger charge is 2.07. The number of aryl methyl sites for hydroxylation is 1. The molecule has 1 N–H and O–H groups in total. The zero-order valence-electron chi connectivity index (χ0n) is 9.10. The van der Waals surface area contributed by atoms with Gasteiger partial charge in [-0.2, -0.15) is 0 Å². The van der Waals surface area contributed by atoms with Crippen LogP contribution in [0.4, 0.5) is 5.82 Å². The second-order valence-corrected chi connectivity index (χ2v) is 3.42. The lowest BCUT2D eigenvalue weighted by atomic mass is 10.3. The molecule has 0 aliphatic rings. The van der Waals surface area contributed by atoms with E-state index in [0.29, 0.717) is 6.54 Å². The molecule has 4 heteroatoms. The number of hydrogen-bond acceptors (Lipinski definition) is 3. The highest BCUT2D eigenvalue weighted by atomic mass is 16.4. The van der Waals surface area contributed by atoms with E-state index in [4.69, 9.17) is 5.11 Å². The summed E-state index contributed by atoms with van der Waals surface area (Å²) in [6.07, 6.45) is 1.93. The zero-order valence-corrected chi connectivity index (χ0v) is 9.10. The predicted octanol–water partition coefficient (Wildman–Crippen LogP) is 1.69. The minimum atomic E-state index is -0.777. The van der Waals surface area contributed by atoms with Crippen molar-refractivity contribution in [2.24, 2.45) is 0 Å². The van der Waals surface area contributed by atoms with E-state index in [-0.39, 0.29) is 6.42 Å². The minimum absolute atomic E-state index is 0.142. The fourth-order valence-electron chi connectivity index (χ4n) is 1.31. The molecule has 1 aromatic heterocycles. The van der Waals surface area contributed by atoms with Gasteiger partial charge in [-0.1, -0.05) is 6.07 Å². The van der Waals surface area contributed by atoms with Crippen molar-refractivity contribution in [1.82, 2.24) is 4.98 Å². The van der Waals surface area contributed by atoms with E-state index in [9.17, 15) is 4.79 Å². The topological polar surface area (TPSA) is 53.4 Å². The SMILES string of the molecule is CCN(CCC(=O)O)c1ccc(C)cn1. The van der Waals surface area contributed by atoms with Crippen LogP contribution >= 0.6 is 0 Å². The minimum Gasteiger partial charge on any atom is -0.481 e. The first-order valence-corrected chi connectivity index (χ1v) is 5.03. The first kappa shape index (κ1) is 11.5. The van der Waals surface area contributed by atoms with Crippen LogP contribution in [0, 0.1) is 6.92 Å². The highest BCUT2D eigenvalue weighted by Crippen LogP contribution is 2.10. The van der Waals surface area contributed by atoms with Gasteiger partial charge < -0.3 is 10.0 Å². The Morgan fingerprint density at radius 3 is 2.73 bits per heavy atom. The molecule has 0 saturated carbocycles. The average Bonchev–Trinajstić information content (AvgIpc) is 2.21. The summed E-state index contributed by atoms with van der Waals surface area (Å²) >= 11 is 0. The summed E-state index contributed by atoms with van der Waals surface area (Å²) in [5.41, 5.74) is 1.10. The van der Waals surface area contributed by atoms with Crippen LogP contribution in [-0.2, 0) is 4.79 Å². The molecule has 82 valence electrons. The number of nitrogens with zero attached hydrogens (tertiary/aromatic N) is 2. The van der Waals surface area contributed by atoms with Crippen LogP contribution in [-0.4, -0.2) is 29.1 Å². The van der Waals surface area contributed by atoms with Gasteiger partial charge in [-0.3, -0.25) is 4.79 Å². The van der Waals surface area contributed by atoms with Gasteiger partial charge in [0, 0.05) is 19.3 Å². The van der Waals surface area contributed by atoms with Crippen LogP contribution in [0.1, 0.15) is 18.9 Å². The summed E-state index contributed by atoms with van der Waals surface area (Å²) in [7, 11) is 0. The number of anilines is 1. The smallest absolute Gasteiger partial charge is 0.305 e. The van der Waals surface area contributed by atoms with Crippen LogP contribution in [0.25, 0.3) is 0 Å². The maximum absolute atomic E-state index is 10.5. The summed E-state index contributed by atoms with van der Waals surface area (Å²) < 4.78 is 0. The molecule has 1 rings (SSSR count). The molecule has 0 aromatic carbocycles. The Morgan fingerprint density at radius 1 is 1.53 bits per heavy atom. The lowest BCUT2D eigenvalue weighted by Crippen LogP contribution is -2.26. The van der Waals surface area contributed by atoms with E-state index in [0.717, 1.165) is 17.9 Å². The molecule has 15 heavy (non-hydrogen) atoms. The average molecular weight is 208 g/mol. The van der Waals surface area contributed by atoms with Crippen molar-refractivity contribution in [3.05, 3.63) is 23.9 Å². The maximum Gasteiger partial charge on any atom is 0.305 e. The molecule has 0 bridgehead atoms. The van der Waals surface area contributed by atoms with Gasteiger partial charge in [0.15, 0.2) is 0 Å². The molecule has 0 fully saturated rings. The Bertz CT molecular complexity index is 322. The fourth-order valence-corrected chi connectivity index (χ4v) is 1.31. The summed E-state index contributed by atoms with van der Waals surface area (Å²) in [6.45, 7) is 5.24. The molecule has 0 amide bonds. The lowest BCUT2D eigenvalue weighted by Gasteiger charge is -2.20. The number of rotatable bonds is 5. The number of carbonyl (C=O) groups is 1. The number of hydrogen-bond donors (Lipinski definition) is 1. The summed E-state index contributed by atoms with van der Waals surface area (Å²) in [6, 6.07) is 3.90. The van der Waals surface area contributed by atoms with Crippen molar-refractivity contribution in [1.29, 1.82) is 0 Å². The predicted molar refractivity (Wildman–Crippen MR) is 59.1 cm³/mol. The molecule has 0 atom stereocenters. The van der Waals surface area contributed by atoms with E-state index in [1.54, 1.807) is 6.20 Å². The van der Waals surface area contributed by atoms with Crippen molar-refractivity contribution in [3.63, 3.8) is 0 Å².